The van der Waals surface area contributed by atoms with Gasteiger partial charge in [-0.1, -0.05) is 13.3 Å². The van der Waals surface area contributed by atoms with Gasteiger partial charge in [-0.2, -0.15) is 0 Å². The number of aliphatic carboxylic acids is 1. The predicted octanol–water partition coefficient (Wildman–Crippen LogP) is 2.59. The van der Waals surface area contributed by atoms with E-state index in [0.29, 0.717) is 37.9 Å². The number of rotatable bonds is 7. The summed E-state index contributed by atoms with van der Waals surface area (Å²) in [5, 5.41) is 8.83. The second kappa shape index (κ2) is 8.47. The number of nitrogens with zero attached hydrogens (tertiary/aromatic N) is 1. The van der Waals surface area contributed by atoms with Crippen molar-refractivity contribution >= 4 is 21.7 Å². The minimum absolute atomic E-state index is 0.118. The molecule has 25 heavy (non-hydrogen) atoms. The lowest BCUT2D eigenvalue weighted by Crippen LogP contribution is -2.38. The molecule has 0 aliphatic carbocycles. The van der Waals surface area contributed by atoms with E-state index in [1.54, 1.807) is 17.0 Å². The van der Waals surface area contributed by atoms with Crippen LogP contribution in [0, 0.1) is 5.92 Å². The Bertz CT molecular complexity index is 703. The molecular formula is C18H25NO5S. The molecule has 6 nitrogen and oxygen atoms in total. The number of hydrogen-bond acceptors (Lipinski definition) is 4. The van der Waals surface area contributed by atoms with E-state index in [0.717, 1.165) is 6.42 Å². The zero-order chi connectivity index (χ0) is 18.4. The van der Waals surface area contributed by atoms with Crippen molar-refractivity contribution in [2.45, 2.75) is 43.9 Å². The predicted molar refractivity (Wildman–Crippen MR) is 94.3 cm³/mol. The van der Waals surface area contributed by atoms with Crippen molar-refractivity contribution in [2.75, 3.05) is 18.8 Å². The standard InChI is InChI=1S/C18H25NO5S/c1-2-3-12-25(23,24)16-6-4-15(5-7-16)18(22)19-10-8-14(9-11-19)13-17(20)21/h4-7,14H,2-3,8-13H2,1H3,(H,20,21). The minimum Gasteiger partial charge on any atom is -0.481 e. The number of carboxylic acid groups (broad SMARTS) is 1. The Labute approximate surface area is 148 Å². The average Bonchev–Trinajstić information content (AvgIpc) is 2.60. The van der Waals surface area contributed by atoms with Crippen LogP contribution in [0.1, 0.15) is 49.4 Å². The first-order valence-corrected chi connectivity index (χ1v) is 10.3. The van der Waals surface area contributed by atoms with Crippen molar-refractivity contribution in [2.24, 2.45) is 5.92 Å². The molecule has 1 aliphatic heterocycles. The molecule has 0 unspecified atom stereocenters. The van der Waals surface area contributed by atoms with Crippen LogP contribution in [0.25, 0.3) is 0 Å². The molecule has 138 valence electrons. The van der Waals surface area contributed by atoms with Crippen molar-refractivity contribution < 1.29 is 23.1 Å². The summed E-state index contributed by atoms with van der Waals surface area (Å²) < 4.78 is 24.3. The van der Waals surface area contributed by atoms with Crippen LogP contribution in [-0.4, -0.2) is 49.1 Å². The Hall–Kier alpha value is -1.89. The topological polar surface area (TPSA) is 91.8 Å². The molecule has 1 saturated heterocycles. The van der Waals surface area contributed by atoms with Gasteiger partial charge in [-0.25, -0.2) is 8.42 Å². The van der Waals surface area contributed by atoms with Crippen LogP contribution in [0.3, 0.4) is 0 Å². The van der Waals surface area contributed by atoms with E-state index in [9.17, 15) is 18.0 Å². The summed E-state index contributed by atoms with van der Waals surface area (Å²) in [7, 11) is -3.29. The molecule has 0 spiro atoms. The molecule has 0 aromatic heterocycles. The van der Waals surface area contributed by atoms with Crippen LogP contribution in [0.2, 0.25) is 0 Å². The number of carbonyl (C=O) groups excluding carboxylic acids is 1. The molecule has 1 aliphatic rings. The highest BCUT2D eigenvalue weighted by molar-refractivity contribution is 7.91. The van der Waals surface area contributed by atoms with Crippen molar-refractivity contribution in [3.8, 4) is 0 Å². The summed E-state index contributed by atoms with van der Waals surface area (Å²) >= 11 is 0. The van der Waals surface area contributed by atoms with Gasteiger partial charge in [-0.15, -0.1) is 0 Å². The Kier molecular flexibility index (Phi) is 6.58. The number of sulfone groups is 1. The first-order chi connectivity index (χ1) is 11.8. The monoisotopic (exact) mass is 367 g/mol. The fourth-order valence-electron chi connectivity index (χ4n) is 3.03. The summed E-state index contributed by atoms with van der Waals surface area (Å²) in [5.41, 5.74) is 0.464. The highest BCUT2D eigenvalue weighted by Crippen LogP contribution is 2.22. The number of unbranched alkanes of at least 4 members (excludes halogenated alkanes) is 1. The maximum absolute atomic E-state index is 12.5. The van der Waals surface area contributed by atoms with Crippen LogP contribution >= 0.6 is 0 Å². The van der Waals surface area contributed by atoms with Gasteiger partial charge in [0, 0.05) is 25.1 Å². The summed E-state index contributed by atoms with van der Waals surface area (Å²) in [6, 6.07) is 6.11. The fraction of sp³-hybridized carbons (Fsp3) is 0.556. The van der Waals surface area contributed by atoms with Gasteiger partial charge < -0.3 is 10.0 Å². The second-order valence-electron chi connectivity index (χ2n) is 6.53. The number of amides is 1. The van der Waals surface area contributed by atoms with Gasteiger partial charge in [0.2, 0.25) is 0 Å². The molecule has 0 saturated carbocycles. The molecular weight excluding hydrogens is 342 g/mol. The summed E-state index contributed by atoms with van der Waals surface area (Å²) in [6.07, 6.45) is 2.94. The van der Waals surface area contributed by atoms with Gasteiger partial charge in [0.1, 0.15) is 0 Å². The number of hydrogen-bond donors (Lipinski definition) is 1. The maximum Gasteiger partial charge on any atom is 0.303 e. The summed E-state index contributed by atoms with van der Waals surface area (Å²) in [4.78, 5) is 25.2. The smallest absolute Gasteiger partial charge is 0.303 e. The largest absolute Gasteiger partial charge is 0.481 e. The van der Waals surface area contributed by atoms with E-state index >= 15 is 0 Å². The number of carbonyl (C=O) groups is 2. The molecule has 2 rings (SSSR count). The lowest BCUT2D eigenvalue weighted by Gasteiger charge is -2.31. The summed E-state index contributed by atoms with van der Waals surface area (Å²) in [5.74, 6) is -0.697. The first kappa shape index (κ1) is 19.4. The quantitative estimate of drug-likeness (QED) is 0.800. The molecule has 7 heteroatoms. The van der Waals surface area contributed by atoms with Crippen molar-refractivity contribution in [3.63, 3.8) is 0 Å². The molecule has 1 heterocycles. The van der Waals surface area contributed by atoms with Crippen molar-refractivity contribution in [1.82, 2.24) is 4.90 Å². The number of benzene rings is 1. The van der Waals surface area contributed by atoms with Gasteiger partial charge in [-0.3, -0.25) is 9.59 Å². The first-order valence-electron chi connectivity index (χ1n) is 8.67. The Balaban J connectivity index is 1.98. The van der Waals surface area contributed by atoms with Crippen molar-refractivity contribution in [3.05, 3.63) is 29.8 Å². The molecule has 0 atom stereocenters. The fourth-order valence-corrected chi connectivity index (χ4v) is 4.48. The van der Waals surface area contributed by atoms with Gasteiger partial charge in [0.15, 0.2) is 9.84 Å². The van der Waals surface area contributed by atoms with Crippen LogP contribution in [0.5, 0.6) is 0 Å². The molecule has 0 radical (unpaired) electrons. The lowest BCUT2D eigenvalue weighted by atomic mass is 9.93. The van der Waals surface area contributed by atoms with Gasteiger partial charge >= 0.3 is 5.97 Å². The van der Waals surface area contributed by atoms with E-state index in [1.165, 1.54) is 12.1 Å². The third kappa shape index (κ3) is 5.29. The zero-order valence-corrected chi connectivity index (χ0v) is 15.3. The average molecular weight is 367 g/mol. The highest BCUT2D eigenvalue weighted by atomic mass is 32.2. The maximum atomic E-state index is 12.5. The third-order valence-corrected chi connectivity index (χ3v) is 6.41. The van der Waals surface area contributed by atoms with Crippen molar-refractivity contribution in [1.29, 1.82) is 0 Å². The summed E-state index contributed by atoms with van der Waals surface area (Å²) in [6.45, 7) is 3.01. The Morgan fingerprint density at radius 3 is 2.28 bits per heavy atom. The molecule has 0 bridgehead atoms. The van der Waals surface area contributed by atoms with E-state index in [2.05, 4.69) is 0 Å². The number of carboxylic acids is 1. The third-order valence-electron chi connectivity index (χ3n) is 4.59. The minimum atomic E-state index is -3.29. The van der Waals surface area contributed by atoms with Gasteiger partial charge in [-0.05, 0) is 49.4 Å². The van der Waals surface area contributed by atoms with Gasteiger partial charge in [0.25, 0.3) is 5.91 Å². The molecule has 1 aromatic rings. The zero-order valence-electron chi connectivity index (χ0n) is 14.5. The normalized spacial score (nSPS) is 16.0. The number of likely N-dealkylation sites (tertiary alicyclic amines) is 1. The van der Waals surface area contributed by atoms with Gasteiger partial charge in [0.05, 0.1) is 10.6 Å². The van der Waals surface area contributed by atoms with Crippen LogP contribution in [0.4, 0.5) is 0 Å². The molecule has 1 fully saturated rings. The highest BCUT2D eigenvalue weighted by Gasteiger charge is 2.25. The van der Waals surface area contributed by atoms with E-state index in [1.807, 2.05) is 6.92 Å². The Morgan fingerprint density at radius 2 is 1.76 bits per heavy atom. The molecule has 1 N–H and O–H groups in total. The van der Waals surface area contributed by atoms with E-state index < -0.39 is 15.8 Å². The number of piperidine rings is 1. The molecule has 1 amide bonds. The SMILES string of the molecule is CCCCS(=O)(=O)c1ccc(C(=O)N2CCC(CC(=O)O)CC2)cc1. The van der Waals surface area contributed by atoms with E-state index in [-0.39, 0.29) is 28.9 Å². The van der Waals surface area contributed by atoms with E-state index in [4.69, 9.17) is 5.11 Å². The lowest BCUT2D eigenvalue weighted by molar-refractivity contribution is -0.138. The van der Waals surface area contributed by atoms with Crippen LogP contribution in [-0.2, 0) is 14.6 Å². The van der Waals surface area contributed by atoms with Crippen LogP contribution in [0.15, 0.2) is 29.2 Å². The van der Waals surface area contributed by atoms with Crippen LogP contribution < -0.4 is 0 Å². The second-order valence-corrected chi connectivity index (χ2v) is 8.64. The Morgan fingerprint density at radius 1 is 1.16 bits per heavy atom. The molecule has 1 aromatic carbocycles.